The van der Waals surface area contributed by atoms with Crippen molar-refractivity contribution in [3.05, 3.63) is 33.4 Å². The summed E-state index contributed by atoms with van der Waals surface area (Å²) in [7, 11) is 0. The fraction of sp³-hybridized carbons (Fsp3) is 0.579. The zero-order valence-electron chi connectivity index (χ0n) is 14.4. The van der Waals surface area contributed by atoms with Gasteiger partial charge in [0.15, 0.2) is 0 Å². The molecule has 24 heavy (non-hydrogen) atoms. The monoisotopic (exact) mass is 442 g/mol. The molecule has 0 saturated carbocycles. The van der Waals surface area contributed by atoms with Crippen LogP contribution < -0.4 is 5.32 Å². The summed E-state index contributed by atoms with van der Waals surface area (Å²) in [5.41, 5.74) is 0.705. The molecule has 1 aliphatic heterocycles. The molecule has 5 heteroatoms. The highest BCUT2D eigenvalue weighted by Crippen LogP contribution is 2.19. The molecule has 1 heterocycles. The Morgan fingerprint density at radius 3 is 2.67 bits per heavy atom. The molecule has 1 aromatic rings. The number of piperidine rings is 1. The number of hydrogen-bond acceptors (Lipinski definition) is 2. The Balaban J connectivity index is 1.83. The van der Waals surface area contributed by atoms with Gasteiger partial charge in [-0.15, -0.1) is 0 Å². The molecular weight excluding hydrogens is 415 g/mol. The van der Waals surface area contributed by atoms with Gasteiger partial charge in [-0.05, 0) is 66.1 Å². The predicted molar refractivity (Wildman–Crippen MR) is 105 cm³/mol. The van der Waals surface area contributed by atoms with E-state index >= 15 is 0 Å². The lowest BCUT2D eigenvalue weighted by Gasteiger charge is -2.32. The summed E-state index contributed by atoms with van der Waals surface area (Å²) in [5.74, 6) is 0.0659. The lowest BCUT2D eigenvalue weighted by atomic mass is 9.96. The number of nitrogens with zero attached hydrogens (tertiary/aromatic N) is 1. The minimum Gasteiger partial charge on any atom is -0.356 e. The van der Waals surface area contributed by atoms with Gasteiger partial charge in [0.05, 0.1) is 5.92 Å². The molecule has 1 aliphatic rings. The molecule has 132 valence electrons. The first kappa shape index (κ1) is 19.2. The van der Waals surface area contributed by atoms with Gasteiger partial charge >= 0.3 is 0 Å². The number of nitrogens with one attached hydrogen (secondary N) is 1. The molecule has 4 nitrogen and oxygen atoms in total. The highest BCUT2D eigenvalue weighted by molar-refractivity contribution is 14.1. The van der Waals surface area contributed by atoms with E-state index in [9.17, 15) is 9.59 Å². The highest BCUT2D eigenvalue weighted by atomic mass is 127. The smallest absolute Gasteiger partial charge is 0.253 e. The average molecular weight is 442 g/mol. The normalized spacial score (nSPS) is 17.6. The third kappa shape index (κ3) is 5.76. The number of likely N-dealkylation sites (tertiary alicyclic amines) is 1. The van der Waals surface area contributed by atoms with Crippen molar-refractivity contribution < 1.29 is 9.59 Å². The molecule has 2 rings (SSSR count). The first-order valence-corrected chi connectivity index (χ1v) is 10.0. The third-order valence-corrected chi connectivity index (χ3v) is 5.22. The number of amides is 2. The van der Waals surface area contributed by atoms with Gasteiger partial charge in [-0.2, -0.15) is 0 Å². The Hall–Kier alpha value is -1.11. The van der Waals surface area contributed by atoms with E-state index in [-0.39, 0.29) is 17.7 Å². The van der Waals surface area contributed by atoms with Crippen LogP contribution in [0.4, 0.5) is 0 Å². The molecule has 0 radical (unpaired) electrons. The Labute approximate surface area is 158 Å². The van der Waals surface area contributed by atoms with Gasteiger partial charge in [0.1, 0.15) is 0 Å². The Bertz CT molecular complexity index is 545. The van der Waals surface area contributed by atoms with Crippen LogP contribution in [0.25, 0.3) is 0 Å². The number of hydrogen-bond donors (Lipinski definition) is 1. The summed E-state index contributed by atoms with van der Waals surface area (Å²) in [6.45, 7) is 4.21. The Kier molecular flexibility index (Phi) is 8.02. The second-order valence-electron chi connectivity index (χ2n) is 6.45. The molecule has 1 unspecified atom stereocenters. The maximum atomic E-state index is 12.6. The van der Waals surface area contributed by atoms with Crippen molar-refractivity contribution in [1.82, 2.24) is 10.2 Å². The van der Waals surface area contributed by atoms with E-state index in [2.05, 4.69) is 34.8 Å². The average Bonchev–Trinajstić information content (AvgIpc) is 2.61. The number of halogens is 1. The zero-order chi connectivity index (χ0) is 17.4. The van der Waals surface area contributed by atoms with Crippen LogP contribution in [0.15, 0.2) is 24.3 Å². The van der Waals surface area contributed by atoms with Gasteiger partial charge < -0.3 is 10.2 Å². The van der Waals surface area contributed by atoms with Crippen molar-refractivity contribution in [3.63, 3.8) is 0 Å². The minimum absolute atomic E-state index is 0.0341. The Morgan fingerprint density at radius 2 is 1.96 bits per heavy atom. The van der Waals surface area contributed by atoms with Crippen molar-refractivity contribution in [2.45, 2.75) is 45.4 Å². The van der Waals surface area contributed by atoms with Crippen molar-refractivity contribution in [2.24, 2.45) is 5.92 Å². The molecule has 1 aromatic carbocycles. The SMILES string of the molecule is CCCCCCNC(=O)C1CCCN(C(=O)c2ccc(I)cc2)C1. The van der Waals surface area contributed by atoms with Crippen molar-refractivity contribution in [3.8, 4) is 0 Å². The van der Waals surface area contributed by atoms with E-state index in [0.717, 1.165) is 35.9 Å². The standard InChI is InChI=1S/C19H27IN2O2/c1-2-3-4-5-12-21-18(23)16-7-6-13-22(14-16)19(24)15-8-10-17(20)11-9-15/h8-11,16H,2-7,12-14H2,1H3,(H,21,23). The summed E-state index contributed by atoms with van der Waals surface area (Å²) in [6, 6.07) is 7.61. The third-order valence-electron chi connectivity index (χ3n) is 4.50. The maximum Gasteiger partial charge on any atom is 0.253 e. The van der Waals surface area contributed by atoms with Crippen LogP contribution in [0.1, 0.15) is 55.8 Å². The fourth-order valence-corrected chi connectivity index (χ4v) is 3.42. The van der Waals surface area contributed by atoms with Crippen molar-refractivity contribution in [2.75, 3.05) is 19.6 Å². The van der Waals surface area contributed by atoms with E-state index in [1.165, 1.54) is 19.3 Å². The van der Waals surface area contributed by atoms with Crippen LogP contribution in [0.3, 0.4) is 0 Å². The summed E-state index contributed by atoms with van der Waals surface area (Å²) < 4.78 is 1.11. The Morgan fingerprint density at radius 1 is 1.21 bits per heavy atom. The molecule has 2 amide bonds. The fourth-order valence-electron chi connectivity index (χ4n) is 3.06. The van der Waals surface area contributed by atoms with Gasteiger partial charge in [-0.3, -0.25) is 9.59 Å². The van der Waals surface area contributed by atoms with E-state index in [1.807, 2.05) is 29.2 Å². The number of benzene rings is 1. The number of rotatable bonds is 7. The quantitative estimate of drug-likeness (QED) is 0.516. The molecule has 1 atom stereocenters. The van der Waals surface area contributed by atoms with E-state index in [0.29, 0.717) is 12.1 Å². The predicted octanol–water partition coefficient (Wildman–Crippen LogP) is 3.84. The van der Waals surface area contributed by atoms with Gasteiger partial charge in [0.2, 0.25) is 5.91 Å². The highest BCUT2D eigenvalue weighted by Gasteiger charge is 2.28. The molecule has 0 spiro atoms. The maximum absolute atomic E-state index is 12.6. The summed E-state index contributed by atoms with van der Waals surface area (Å²) in [4.78, 5) is 26.8. The van der Waals surface area contributed by atoms with Crippen LogP contribution in [0, 0.1) is 9.49 Å². The van der Waals surface area contributed by atoms with Gasteiger partial charge in [0, 0.05) is 28.8 Å². The van der Waals surface area contributed by atoms with Gasteiger partial charge in [0.25, 0.3) is 5.91 Å². The molecule has 0 aliphatic carbocycles. The van der Waals surface area contributed by atoms with Crippen molar-refractivity contribution >= 4 is 34.4 Å². The van der Waals surface area contributed by atoms with Crippen LogP contribution in [0.5, 0.6) is 0 Å². The van der Waals surface area contributed by atoms with E-state index < -0.39 is 0 Å². The van der Waals surface area contributed by atoms with Crippen molar-refractivity contribution in [1.29, 1.82) is 0 Å². The second kappa shape index (κ2) is 10.0. The van der Waals surface area contributed by atoms with Crippen LogP contribution in [0.2, 0.25) is 0 Å². The molecule has 1 fully saturated rings. The molecule has 1 saturated heterocycles. The zero-order valence-corrected chi connectivity index (χ0v) is 16.5. The second-order valence-corrected chi connectivity index (χ2v) is 7.69. The molecular formula is C19H27IN2O2. The first-order valence-electron chi connectivity index (χ1n) is 8.94. The lowest BCUT2D eigenvalue weighted by molar-refractivity contribution is -0.126. The number of carbonyl (C=O) groups excluding carboxylic acids is 2. The molecule has 1 N–H and O–H groups in total. The summed E-state index contributed by atoms with van der Waals surface area (Å²) >= 11 is 2.23. The van der Waals surface area contributed by atoms with E-state index in [4.69, 9.17) is 0 Å². The minimum atomic E-state index is -0.0716. The number of carbonyl (C=O) groups is 2. The van der Waals surface area contributed by atoms with Crippen LogP contribution >= 0.6 is 22.6 Å². The molecule has 0 aromatic heterocycles. The largest absolute Gasteiger partial charge is 0.356 e. The van der Waals surface area contributed by atoms with Crippen LogP contribution in [-0.4, -0.2) is 36.3 Å². The summed E-state index contributed by atoms with van der Waals surface area (Å²) in [6.07, 6.45) is 6.39. The topological polar surface area (TPSA) is 49.4 Å². The first-order chi connectivity index (χ1) is 11.6. The van der Waals surface area contributed by atoms with E-state index in [1.54, 1.807) is 0 Å². The van der Waals surface area contributed by atoms with Crippen LogP contribution in [-0.2, 0) is 4.79 Å². The number of unbranched alkanes of at least 4 members (excludes halogenated alkanes) is 3. The summed E-state index contributed by atoms with van der Waals surface area (Å²) in [5, 5.41) is 3.04. The lowest BCUT2D eigenvalue weighted by Crippen LogP contribution is -2.45. The van der Waals surface area contributed by atoms with Gasteiger partial charge in [-0.25, -0.2) is 0 Å². The van der Waals surface area contributed by atoms with Gasteiger partial charge in [-0.1, -0.05) is 26.2 Å². The molecule has 0 bridgehead atoms.